The molecular formula is C24H35N3O4. The van der Waals surface area contributed by atoms with Crippen molar-refractivity contribution in [3.63, 3.8) is 0 Å². The van der Waals surface area contributed by atoms with Crippen LogP contribution in [0, 0.1) is 5.92 Å². The molecule has 4 atom stereocenters. The Morgan fingerprint density at radius 3 is 2.87 bits per heavy atom. The number of ether oxygens (including phenoxy) is 2. The van der Waals surface area contributed by atoms with Gasteiger partial charge in [-0.05, 0) is 30.9 Å². The highest BCUT2D eigenvalue weighted by molar-refractivity contribution is 5.80. The van der Waals surface area contributed by atoms with E-state index < -0.39 is 12.3 Å². The summed E-state index contributed by atoms with van der Waals surface area (Å²) in [4.78, 5) is 14.7. The van der Waals surface area contributed by atoms with Crippen LogP contribution in [-0.2, 0) is 20.9 Å². The fourth-order valence-corrected chi connectivity index (χ4v) is 3.90. The first-order chi connectivity index (χ1) is 15.1. The lowest BCUT2D eigenvalue weighted by Crippen LogP contribution is -2.49. The van der Waals surface area contributed by atoms with Crippen LogP contribution in [0.25, 0.3) is 0 Å². The van der Waals surface area contributed by atoms with Crippen LogP contribution in [0.15, 0.2) is 54.1 Å². The summed E-state index contributed by atoms with van der Waals surface area (Å²) in [6.45, 7) is 6.26. The van der Waals surface area contributed by atoms with Gasteiger partial charge in [-0.2, -0.15) is 0 Å². The van der Waals surface area contributed by atoms with Gasteiger partial charge in [-0.1, -0.05) is 55.5 Å². The molecule has 3 rings (SSSR count). The number of benzene rings is 1. The molecule has 1 saturated heterocycles. The van der Waals surface area contributed by atoms with Gasteiger partial charge in [-0.25, -0.2) is 4.79 Å². The van der Waals surface area contributed by atoms with E-state index in [4.69, 9.17) is 9.47 Å². The molecule has 1 aliphatic carbocycles. The van der Waals surface area contributed by atoms with Crippen molar-refractivity contribution in [2.75, 3.05) is 26.4 Å². The molecule has 0 spiro atoms. The number of nitrogens with zero attached hydrogens (tertiary/aromatic N) is 1. The molecule has 1 fully saturated rings. The molecule has 1 aliphatic heterocycles. The lowest BCUT2D eigenvalue weighted by atomic mass is 9.97. The SMILES string of the molecule is CCOC(=O)C(C1=CC=CCC1)N1CNC(NC(O)C(C)COCc2ccccc2)C1. The fraction of sp³-hybridized carbons (Fsp3) is 0.542. The van der Waals surface area contributed by atoms with Crippen LogP contribution in [0.4, 0.5) is 0 Å². The first-order valence-corrected chi connectivity index (χ1v) is 11.1. The Hall–Kier alpha value is -2.03. The maximum Gasteiger partial charge on any atom is 0.327 e. The number of hydrogen-bond acceptors (Lipinski definition) is 7. The van der Waals surface area contributed by atoms with E-state index in [1.54, 1.807) is 0 Å². The van der Waals surface area contributed by atoms with E-state index in [0.29, 0.717) is 33.0 Å². The van der Waals surface area contributed by atoms with Crippen LogP contribution in [-0.4, -0.2) is 60.8 Å². The Bertz CT molecular complexity index is 752. The summed E-state index contributed by atoms with van der Waals surface area (Å²) in [5.41, 5.74) is 2.19. The van der Waals surface area contributed by atoms with Gasteiger partial charge in [0.05, 0.1) is 32.7 Å². The van der Waals surface area contributed by atoms with Crippen molar-refractivity contribution in [3.8, 4) is 0 Å². The largest absolute Gasteiger partial charge is 0.465 e. The number of carbonyl (C=O) groups is 1. The summed E-state index contributed by atoms with van der Waals surface area (Å²) in [7, 11) is 0. The lowest BCUT2D eigenvalue weighted by molar-refractivity contribution is -0.147. The number of esters is 1. The first kappa shape index (κ1) is 23.6. The number of aliphatic hydroxyl groups excluding tert-OH is 1. The third-order valence-electron chi connectivity index (χ3n) is 5.63. The second-order valence-corrected chi connectivity index (χ2v) is 8.14. The number of rotatable bonds is 11. The third-order valence-corrected chi connectivity index (χ3v) is 5.63. The summed E-state index contributed by atoms with van der Waals surface area (Å²) in [5, 5.41) is 17.2. The van der Waals surface area contributed by atoms with Gasteiger partial charge in [0.15, 0.2) is 0 Å². The molecule has 170 valence electrons. The topological polar surface area (TPSA) is 83.1 Å². The van der Waals surface area contributed by atoms with E-state index in [9.17, 15) is 9.90 Å². The van der Waals surface area contributed by atoms with Gasteiger partial charge >= 0.3 is 5.97 Å². The van der Waals surface area contributed by atoms with Crippen LogP contribution < -0.4 is 10.6 Å². The average molecular weight is 430 g/mol. The molecule has 0 radical (unpaired) electrons. The van der Waals surface area contributed by atoms with Gasteiger partial charge in [0, 0.05) is 12.5 Å². The standard InChI is InChI=1S/C24H35N3O4/c1-3-31-24(29)22(20-12-8-5-9-13-20)27-14-21(25-17-27)26-23(28)18(2)15-30-16-19-10-6-4-7-11-19/h4-8,10-12,18,21-23,25-26,28H,3,9,13-17H2,1-2H3. The Labute approximate surface area is 185 Å². The van der Waals surface area contributed by atoms with Crippen molar-refractivity contribution >= 4 is 5.97 Å². The Kier molecular flexibility index (Phi) is 9.24. The second kappa shape index (κ2) is 12.1. The maximum atomic E-state index is 12.7. The minimum atomic E-state index is -0.717. The second-order valence-electron chi connectivity index (χ2n) is 8.14. The Morgan fingerprint density at radius 2 is 2.16 bits per heavy atom. The maximum absolute atomic E-state index is 12.7. The minimum absolute atomic E-state index is 0.0772. The van der Waals surface area contributed by atoms with Gasteiger partial charge in [-0.3, -0.25) is 15.5 Å². The van der Waals surface area contributed by atoms with E-state index in [0.717, 1.165) is 24.0 Å². The van der Waals surface area contributed by atoms with E-state index in [-0.39, 0.29) is 18.1 Å². The highest BCUT2D eigenvalue weighted by atomic mass is 16.5. The number of carbonyl (C=O) groups excluding carboxylic acids is 1. The predicted molar refractivity (Wildman–Crippen MR) is 120 cm³/mol. The minimum Gasteiger partial charge on any atom is -0.465 e. The van der Waals surface area contributed by atoms with Crippen LogP contribution in [0.3, 0.4) is 0 Å². The molecule has 1 heterocycles. The zero-order valence-corrected chi connectivity index (χ0v) is 18.5. The van der Waals surface area contributed by atoms with Crippen molar-refractivity contribution in [2.24, 2.45) is 5.92 Å². The summed E-state index contributed by atoms with van der Waals surface area (Å²) >= 11 is 0. The molecule has 0 bridgehead atoms. The fourth-order valence-electron chi connectivity index (χ4n) is 3.90. The van der Waals surface area contributed by atoms with E-state index in [2.05, 4.69) is 21.6 Å². The number of aliphatic hydroxyl groups is 1. The van der Waals surface area contributed by atoms with Crippen molar-refractivity contribution in [1.29, 1.82) is 0 Å². The van der Waals surface area contributed by atoms with Crippen molar-refractivity contribution in [1.82, 2.24) is 15.5 Å². The molecule has 4 unspecified atom stereocenters. The number of allylic oxidation sites excluding steroid dienone is 3. The summed E-state index contributed by atoms with van der Waals surface area (Å²) < 4.78 is 11.1. The summed E-state index contributed by atoms with van der Waals surface area (Å²) in [6, 6.07) is 9.60. The van der Waals surface area contributed by atoms with Crippen LogP contribution in [0.5, 0.6) is 0 Å². The highest BCUT2D eigenvalue weighted by Gasteiger charge is 2.36. The smallest absolute Gasteiger partial charge is 0.327 e. The van der Waals surface area contributed by atoms with E-state index in [1.807, 2.05) is 56.3 Å². The van der Waals surface area contributed by atoms with Crippen molar-refractivity contribution < 1.29 is 19.4 Å². The van der Waals surface area contributed by atoms with Gasteiger partial charge in [-0.15, -0.1) is 0 Å². The third kappa shape index (κ3) is 6.98. The molecule has 0 saturated carbocycles. The average Bonchev–Trinajstić information content (AvgIpc) is 3.23. The van der Waals surface area contributed by atoms with Crippen molar-refractivity contribution in [2.45, 2.75) is 51.7 Å². The first-order valence-electron chi connectivity index (χ1n) is 11.1. The molecule has 0 amide bonds. The Morgan fingerprint density at radius 1 is 1.35 bits per heavy atom. The molecule has 7 nitrogen and oxygen atoms in total. The molecule has 0 aromatic heterocycles. The number of hydrogen-bond donors (Lipinski definition) is 3. The molecule has 7 heteroatoms. The quantitative estimate of drug-likeness (QED) is 0.367. The summed E-state index contributed by atoms with van der Waals surface area (Å²) in [5.74, 6) is -0.290. The van der Waals surface area contributed by atoms with Crippen LogP contribution in [0.1, 0.15) is 32.3 Å². The molecular weight excluding hydrogens is 394 g/mol. The van der Waals surface area contributed by atoms with Gasteiger partial charge in [0.1, 0.15) is 12.3 Å². The molecule has 3 N–H and O–H groups in total. The van der Waals surface area contributed by atoms with Gasteiger partial charge in [0.2, 0.25) is 0 Å². The molecule has 1 aromatic carbocycles. The predicted octanol–water partition coefficient (Wildman–Crippen LogP) is 2.14. The highest BCUT2D eigenvalue weighted by Crippen LogP contribution is 2.23. The Balaban J connectivity index is 1.48. The molecule has 31 heavy (non-hydrogen) atoms. The normalized spacial score (nSPS) is 22.0. The van der Waals surface area contributed by atoms with Gasteiger partial charge < -0.3 is 14.6 Å². The zero-order valence-electron chi connectivity index (χ0n) is 18.5. The lowest BCUT2D eigenvalue weighted by Gasteiger charge is -2.29. The van der Waals surface area contributed by atoms with E-state index in [1.165, 1.54) is 0 Å². The summed E-state index contributed by atoms with van der Waals surface area (Å²) in [6.07, 6.45) is 7.08. The van der Waals surface area contributed by atoms with E-state index >= 15 is 0 Å². The van der Waals surface area contributed by atoms with Crippen LogP contribution >= 0.6 is 0 Å². The van der Waals surface area contributed by atoms with Crippen LogP contribution in [0.2, 0.25) is 0 Å². The monoisotopic (exact) mass is 429 g/mol. The molecule has 1 aromatic rings. The molecule has 2 aliphatic rings. The number of nitrogens with one attached hydrogen (secondary N) is 2. The van der Waals surface area contributed by atoms with Gasteiger partial charge in [0.25, 0.3) is 0 Å². The van der Waals surface area contributed by atoms with Crippen molar-refractivity contribution in [3.05, 3.63) is 59.7 Å². The zero-order chi connectivity index (χ0) is 22.1.